The van der Waals surface area contributed by atoms with Crippen LogP contribution in [0.5, 0.6) is 0 Å². The molecule has 2 aromatic heterocycles. The third-order valence-corrected chi connectivity index (χ3v) is 6.90. The Bertz CT molecular complexity index is 993. The first-order valence-corrected chi connectivity index (χ1v) is 10.5. The van der Waals surface area contributed by atoms with Crippen LogP contribution in [-0.4, -0.2) is 32.9 Å². The Kier molecular flexibility index (Phi) is 4.38. The molecule has 4 fully saturated rings. The molecule has 2 atom stereocenters. The van der Waals surface area contributed by atoms with Crippen molar-refractivity contribution >= 4 is 11.8 Å². The zero-order chi connectivity index (χ0) is 20.9. The zero-order valence-electron chi connectivity index (χ0n) is 17.0. The van der Waals surface area contributed by atoms with Crippen molar-refractivity contribution in [3.8, 4) is 0 Å². The molecule has 2 unspecified atom stereocenters. The smallest absolute Gasteiger partial charge is 0.270 e. The molecular weight excluding hydrogens is 383 g/mol. The Hall–Kier alpha value is -2.83. The van der Waals surface area contributed by atoms with Gasteiger partial charge in [-0.2, -0.15) is 0 Å². The van der Waals surface area contributed by atoms with Gasteiger partial charge in [-0.25, -0.2) is 14.4 Å². The first kappa shape index (κ1) is 19.2. The fourth-order valence-electron chi connectivity index (χ4n) is 6.34. The van der Waals surface area contributed by atoms with Crippen LogP contribution in [0.25, 0.3) is 0 Å². The number of carbonyl (C=O) groups excluding carboxylic acids is 2. The van der Waals surface area contributed by atoms with E-state index in [4.69, 9.17) is 0 Å². The normalized spacial score (nSPS) is 31.4. The van der Waals surface area contributed by atoms with E-state index in [1.165, 1.54) is 12.1 Å². The number of carbonyl (C=O) groups is 2. The van der Waals surface area contributed by atoms with Crippen LogP contribution in [0.4, 0.5) is 4.39 Å². The fraction of sp³-hybridized carbons (Fsp3) is 0.478. The number of rotatable bonds is 4. The van der Waals surface area contributed by atoms with Gasteiger partial charge in [0.1, 0.15) is 17.2 Å². The third-order valence-electron chi connectivity index (χ3n) is 6.90. The maximum atomic E-state index is 13.2. The number of amides is 2. The molecule has 0 saturated heterocycles. The summed E-state index contributed by atoms with van der Waals surface area (Å²) in [6.07, 6.45) is 6.61. The van der Waals surface area contributed by atoms with E-state index < -0.39 is 5.82 Å². The van der Waals surface area contributed by atoms with E-state index in [0.717, 1.165) is 44.0 Å². The van der Waals surface area contributed by atoms with Gasteiger partial charge >= 0.3 is 0 Å². The predicted octanol–water partition coefficient (Wildman–Crippen LogP) is 3.18. The molecule has 0 radical (unpaired) electrons. The highest BCUT2D eigenvalue weighted by Gasteiger charge is 2.58. The number of hydrogen-bond donors (Lipinski definition) is 2. The Balaban J connectivity index is 1.37. The summed E-state index contributed by atoms with van der Waals surface area (Å²) in [4.78, 5) is 34.1. The van der Waals surface area contributed by atoms with Crippen molar-refractivity contribution in [3.05, 3.63) is 59.4 Å². The molecule has 4 saturated carbocycles. The van der Waals surface area contributed by atoms with Crippen LogP contribution in [0.15, 0.2) is 36.5 Å². The molecule has 2 heterocycles. The van der Waals surface area contributed by atoms with Gasteiger partial charge < -0.3 is 10.6 Å². The van der Waals surface area contributed by atoms with Crippen molar-refractivity contribution in [2.45, 2.75) is 56.5 Å². The molecule has 0 aromatic carbocycles. The summed E-state index contributed by atoms with van der Waals surface area (Å²) in [6, 6.07) is 8.11. The van der Waals surface area contributed by atoms with Crippen LogP contribution in [0.2, 0.25) is 0 Å². The van der Waals surface area contributed by atoms with E-state index in [2.05, 4.69) is 20.6 Å². The molecule has 2 aromatic rings. The lowest BCUT2D eigenvalue weighted by Gasteiger charge is -2.62. The van der Waals surface area contributed by atoms with E-state index >= 15 is 0 Å². The van der Waals surface area contributed by atoms with Crippen LogP contribution in [0.1, 0.15) is 65.2 Å². The van der Waals surface area contributed by atoms with Crippen LogP contribution < -0.4 is 10.6 Å². The summed E-state index contributed by atoms with van der Waals surface area (Å²) in [5, 5.41) is 6.51. The van der Waals surface area contributed by atoms with E-state index in [1.807, 2.05) is 19.1 Å². The molecule has 6 rings (SSSR count). The molecule has 156 valence electrons. The highest BCUT2D eigenvalue weighted by Crippen LogP contribution is 2.57. The Morgan fingerprint density at radius 1 is 0.967 bits per heavy atom. The van der Waals surface area contributed by atoms with Gasteiger partial charge in [-0.1, -0.05) is 6.07 Å². The Morgan fingerprint density at radius 2 is 1.60 bits per heavy atom. The molecule has 0 spiro atoms. The summed E-state index contributed by atoms with van der Waals surface area (Å²) in [5.41, 5.74) is 0.776. The summed E-state index contributed by atoms with van der Waals surface area (Å²) < 4.78 is 13.2. The minimum absolute atomic E-state index is 0.151. The first-order chi connectivity index (χ1) is 14.3. The van der Waals surface area contributed by atoms with E-state index in [1.54, 1.807) is 6.07 Å². The maximum Gasteiger partial charge on any atom is 0.270 e. The molecule has 2 N–H and O–H groups in total. The van der Waals surface area contributed by atoms with Gasteiger partial charge in [-0.15, -0.1) is 0 Å². The summed E-state index contributed by atoms with van der Waals surface area (Å²) in [5.74, 6) is 0.0471. The van der Waals surface area contributed by atoms with Crippen LogP contribution >= 0.6 is 0 Å². The summed E-state index contributed by atoms with van der Waals surface area (Å²) >= 11 is 0. The largest absolute Gasteiger partial charge is 0.345 e. The molecule has 2 amide bonds. The van der Waals surface area contributed by atoms with Crippen LogP contribution in [0, 0.1) is 24.6 Å². The van der Waals surface area contributed by atoms with Crippen LogP contribution in [-0.2, 0) is 0 Å². The fourth-order valence-corrected chi connectivity index (χ4v) is 6.34. The highest BCUT2D eigenvalue weighted by atomic mass is 19.1. The average Bonchev–Trinajstić information content (AvgIpc) is 2.66. The lowest BCUT2D eigenvalue weighted by molar-refractivity contribution is -0.0449. The van der Waals surface area contributed by atoms with E-state index in [0.29, 0.717) is 24.0 Å². The minimum Gasteiger partial charge on any atom is -0.345 e. The Morgan fingerprint density at radius 3 is 2.17 bits per heavy atom. The lowest BCUT2D eigenvalue weighted by atomic mass is 9.49. The summed E-state index contributed by atoms with van der Waals surface area (Å²) in [7, 11) is 0. The van der Waals surface area contributed by atoms with E-state index in [9.17, 15) is 14.0 Å². The lowest BCUT2D eigenvalue weighted by Crippen LogP contribution is -2.70. The number of nitrogens with zero attached hydrogens (tertiary/aromatic N) is 2. The van der Waals surface area contributed by atoms with Gasteiger partial charge in [0.2, 0.25) is 0 Å². The van der Waals surface area contributed by atoms with Crippen molar-refractivity contribution in [1.82, 2.24) is 20.6 Å². The zero-order valence-corrected chi connectivity index (χ0v) is 17.0. The second-order valence-corrected chi connectivity index (χ2v) is 9.46. The van der Waals surface area contributed by atoms with Crippen LogP contribution in [0.3, 0.4) is 0 Å². The van der Waals surface area contributed by atoms with Crippen molar-refractivity contribution < 1.29 is 14.0 Å². The van der Waals surface area contributed by atoms with Crippen molar-refractivity contribution in [2.75, 3.05) is 0 Å². The molecule has 0 aliphatic heterocycles. The monoisotopic (exact) mass is 408 g/mol. The number of hydrogen-bond acceptors (Lipinski definition) is 4. The molecule has 4 bridgehead atoms. The second kappa shape index (κ2) is 6.86. The predicted molar refractivity (Wildman–Crippen MR) is 108 cm³/mol. The van der Waals surface area contributed by atoms with Crippen molar-refractivity contribution in [2.24, 2.45) is 11.8 Å². The highest BCUT2D eigenvalue weighted by molar-refractivity contribution is 5.93. The molecule has 30 heavy (non-hydrogen) atoms. The number of pyridine rings is 2. The van der Waals surface area contributed by atoms with Gasteiger partial charge in [0.05, 0.1) is 6.20 Å². The standard InChI is InChI=1S/C23H25FN4O2/c1-14-3-2-4-19(26-14)21(30)28-23-10-15-7-16(11-23)9-22(8-15,13-23)27-20(29)18-6-5-17(24)12-25-18/h2-6,12,15-16H,7-11,13H2,1H3,(H,27,29)(H,28,30). The third kappa shape index (κ3) is 3.46. The molecule has 4 aliphatic rings. The number of aryl methyl sites for hydroxylation is 1. The van der Waals surface area contributed by atoms with Gasteiger partial charge in [-0.05, 0) is 81.5 Å². The second-order valence-electron chi connectivity index (χ2n) is 9.46. The number of nitrogens with one attached hydrogen (secondary N) is 2. The number of aromatic nitrogens is 2. The quantitative estimate of drug-likeness (QED) is 0.814. The van der Waals surface area contributed by atoms with Crippen molar-refractivity contribution in [3.63, 3.8) is 0 Å². The van der Waals surface area contributed by atoms with E-state index in [-0.39, 0.29) is 28.6 Å². The molecule has 7 heteroatoms. The maximum absolute atomic E-state index is 13.2. The minimum atomic E-state index is -0.465. The van der Waals surface area contributed by atoms with Gasteiger partial charge in [0.25, 0.3) is 11.8 Å². The van der Waals surface area contributed by atoms with Gasteiger partial charge in [0, 0.05) is 16.8 Å². The molecular formula is C23H25FN4O2. The average molecular weight is 408 g/mol. The number of halogens is 1. The van der Waals surface area contributed by atoms with Gasteiger partial charge in [-0.3, -0.25) is 9.59 Å². The Labute approximate surface area is 174 Å². The van der Waals surface area contributed by atoms with Crippen molar-refractivity contribution in [1.29, 1.82) is 0 Å². The van der Waals surface area contributed by atoms with Gasteiger partial charge in [0.15, 0.2) is 0 Å². The molecule has 4 aliphatic carbocycles. The first-order valence-electron chi connectivity index (χ1n) is 10.5. The SMILES string of the molecule is Cc1cccc(C(=O)NC23CC4CC(CC(NC(=O)c5ccc(F)cn5)(C4)C2)C3)n1. The molecule has 6 nitrogen and oxygen atoms in total. The summed E-state index contributed by atoms with van der Waals surface area (Å²) in [6.45, 7) is 1.87. The topological polar surface area (TPSA) is 84.0 Å².